The number of aromatic amines is 2. The molecule has 5 heterocycles. The summed E-state index contributed by atoms with van der Waals surface area (Å²) in [6.07, 6.45) is 4.62. The van der Waals surface area contributed by atoms with Gasteiger partial charge in [-0.1, -0.05) is 48.5 Å². The van der Waals surface area contributed by atoms with Crippen LogP contribution in [0, 0.1) is 0 Å². The van der Waals surface area contributed by atoms with Crippen molar-refractivity contribution in [3.63, 3.8) is 0 Å². The minimum Gasteiger partial charge on any atom is -0.444 e. The first kappa shape index (κ1) is 35.7. The van der Waals surface area contributed by atoms with Crippen molar-refractivity contribution in [1.29, 1.82) is 0 Å². The third-order valence-electron chi connectivity index (χ3n) is 10.2. The first-order valence-corrected chi connectivity index (χ1v) is 18.5. The average Bonchev–Trinajstić information content (AvgIpc) is 3.93. The van der Waals surface area contributed by atoms with Crippen LogP contribution < -0.4 is 0 Å². The zero-order valence-electron chi connectivity index (χ0n) is 31.1. The molecule has 7 rings (SSSR count). The number of likely N-dealkylation sites (tertiary alicyclic amines) is 2. The highest BCUT2D eigenvalue weighted by molar-refractivity contribution is 5.70. The number of aromatic nitrogens is 4. The zero-order chi connectivity index (χ0) is 36.8. The topological polar surface area (TPSA) is 140 Å². The SMILES string of the molecule is CC(C)(C)OC(=O)N1CCCC1c1cc(-c2ccc(C3CCC(c4ccc(-c5cc(C6CCCN6C(=O)OC(C)(C)C)[nH]n5)cc4)N3O)cc2)n[nH]1. The van der Waals surface area contributed by atoms with Gasteiger partial charge in [-0.05, 0) is 103 Å². The number of rotatable bonds is 6. The number of amides is 2. The van der Waals surface area contributed by atoms with Crippen LogP contribution in [0.2, 0.25) is 0 Å². The molecule has 276 valence electrons. The molecule has 4 unspecified atom stereocenters. The molecule has 4 atom stereocenters. The fourth-order valence-electron chi connectivity index (χ4n) is 7.76. The summed E-state index contributed by atoms with van der Waals surface area (Å²) in [5.41, 5.74) is 6.37. The van der Waals surface area contributed by atoms with Gasteiger partial charge in [0, 0.05) is 24.2 Å². The van der Waals surface area contributed by atoms with E-state index in [9.17, 15) is 14.8 Å². The van der Waals surface area contributed by atoms with Crippen LogP contribution in [-0.4, -0.2) is 76.9 Å². The molecule has 3 aliphatic rings. The third kappa shape index (κ3) is 7.59. The molecule has 0 bridgehead atoms. The van der Waals surface area contributed by atoms with Gasteiger partial charge in [-0.25, -0.2) is 9.59 Å². The van der Waals surface area contributed by atoms with E-state index in [0.29, 0.717) is 13.1 Å². The van der Waals surface area contributed by atoms with E-state index in [-0.39, 0.29) is 36.4 Å². The molecule has 0 radical (unpaired) electrons. The normalized spacial score (nSPS) is 22.7. The lowest BCUT2D eigenvalue weighted by molar-refractivity contribution is -0.137. The molecule has 0 saturated carbocycles. The van der Waals surface area contributed by atoms with Gasteiger partial charge in [0.1, 0.15) is 11.2 Å². The summed E-state index contributed by atoms with van der Waals surface area (Å²) in [5, 5.41) is 28.3. The Kier molecular flexibility index (Phi) is 9.64. The van der Waals surface area contributed by atoms with Crippen LogP contribution in [0.4, 0.5) is 9.59 Å². The van der Waals surface area contributed by atoms with Crippen molar-refractivity contribution in [2.24, 2.45) is 0 Å². The quantitative estimate of drug-likeness (QED) is 0.180. The van der Waals surface area contributed by atoms with E-state index in [4.69, 9.17) is 9.47 Å². The first-order valence-electron chi connectivity index (χ1n) is 18.5. The molecule has 0 aliphatic carbocycles. The summed E-state index contributed by atoms with van der Waals surface area (Å²) < 4.78 is 11.3. The van der Waals surface area contributed by atoms with Gasteiger partial charge in [-0.2, -0.15) is 15.3 Å². The van der Waals surface area contributed by atoms with E-state index in [2.05, 4.69) is 44.7 Å². The number of benzene rings is 2. The number of ether oxygens (including phenoxy) is 2. The third-order valence-corrected chi connectivity index (χ3v) is 10.2. The van der Waals surface area contributed by atoms with Crippen molar-refractivity contribution in [2.45, 2.75) is 115 Å². The van der Waals surface area contributed by atoms with Crippen LogP contribution in [-0.2, 0) is 9.47 Å². The van der Waals surface area contributed by atoms with Gasteiger partial charge in [-0.15, -0.1) is 0 Å². The minimum atomic E-state index is -0.545. The number of nitrogens with zero attached hydrogens (tertiary/aromatic N) is 5. The van der Waals surface area contributed by atoms with Gasteiger partial charge < -0.3 is 14.7 Å². The van der Waals surface area contributed by atoms with E-state index in [1.54, 1.807) is 9.80 Å². The van der Waals surface area contributed by atoms with Crippen LogP contribution in [0.25, 0.3) is 22.5 Å². The predicted octanol–water partition coefficient (Wildman–Crippen LogP) is 8.88. The van der Waals surface area contributed by atoms with Crippen LogP contribution in [0.15, 0.2) is 60.7 Å². The average molecular weight is 710 g/mol. The Morgan fingerprint density at radius 3 is 1.38 bits per heavy atom. The summed E-state index contributed by atoms with van der Waals surface area (Å²) in [6, 6.07) is 20.1. The Balaban J connectivity index is 0.975. The number of hydrogen-bond donors (Lipinski definition) is 3. The Labute approximate surface area is 305 Å². The number of hydrogen-bond acceptors (Lipinski definition) is 8. The second kappa shape index (κ2) is 14.0. The fourth-order valence-corrected chi connectivity index (χ4v) is 7.76. The maximum Gasteiger partial charge on any atom is 0.410 e. The first-order chi connectivity index (χ1) is 24.7. The molecule has 2 aromatic carbocycles. The fraction of sp³-hybridized carbons (Fsp3) is 0.500. The van der Waals surface area contributed by atoms with Crippen molar-refractivity contribution in [3.05, 3.63) is 83.2 Å². The lowest BCUT2D eigenvalue weighted by atomic mass is 10.0. The molecule has 12 heteroatoms. The zero-order valence-corrected chi connectivity index (χ0v) is 31.1. The number of H-pyrrole nitrogens is 2. The van der Waals surface area contributed by atoms with Gasteiger partial charge in [0.15, 0.2) is 0 Å². The van der Waals surface area contributed by atoms with Gasteiger partial charge >= 0.3 is 12.2 Å². The van der Waals surface area contributed by atoms with Crippen LogP contribution >= 0.6 is 0 Å². The Morgan fingerprint density at radius 1 is 0.635 bits per heavy atom. The predicted molar refractivity (Wildman–Crippen MR) is 196 cm³/mol. The van der Waals surface area contributed by atoms with Gasteiger partial charge in [0.05, 0.1) is 46.9 Å². The summed E-state index contributed by atoms with van der Waals surface area (Å²) in [6.45, 7) is 12.6. The monoisotopic (exact) mass is 709 g/mol. The molecule has 52 heavy (non-hydrogen) atoms. The molecular formula is C40H51N7O5. The highest BCUT2D eigenvalue weighted by Gasteiger charge is 2.37. The Bertz CT molecular complexity index is 1740. The minimum absolute atomic E-state index is 0.0896. The molecule has 3 aliphatic heterocycles. The lowest BCUT2D eigenvalue weighted by Gasteiger charge is -2.28. The van der Waals surface area contributed by atoms with Crippen LogP contribution in [0.3, 0.4) is 0 Å². The van der Waals surface area contributed by atoms with Gasteiger partial charge in [0.25, 0.3) is 0 Å². The van der Waals surface area contributed by atoms with Crippen molar-refractivity contribution >= 4 is 12.2 Å². The van der Waals surface area contributed by atoms with Crippen molar-refractivity contribution < 1.29 is 24.3 Å². The highest BCUT2D eigenvalue weighted by Crippen LogP contribution is 2.43. The number of hydroxylamine groups is 2. The maximum atomic E-state index is 12.8. The molecule has 2 amide bonds. The molecule has 3 fully saturated rings. The second-order valence-electron chi connectivity index (χ2n) is 16.3. The number of nitrogens with one attached hydrogen (secondary N) is 2. The molecular weight excluding hydrogens is 658 g/mol. The number of carbonyl (C=O) groups excluding carboxylic acids is 2. The van der Waals surface area contributed by atoms with E-state index in [1.165, 1.54) is 5.06 Å². The van der Waals surface area contributed by atoms with E-state index >= 15 is 0 Å². The lowest BCUT2D eigenvalue weighted by Crippen LogP contribution is -2.36. The summed E-state index contributed by atoms with van der Waals surface area (Å²) >= 11 is 0. The van der Waals surface area contributed by atoms with Gasteiger partial charge in [-0.3, -0.25) is 20.0 Å². The largest absolute Gasteiger partial charge is 0.444 e. The molecule has 3 saturated heterocycles. The van der Waals surface area contributed by atoms with Crippen LogP contribution in [0.1, 0.15) is 127 Å². The smallest absolute Gasteiger partial charge is 0.410 e. The van der Waals surface area contributed by atoms with Crippen molar-refractivity contribution in [3.8, 4) is 22.5 Å². The number of carbonyl (C=O) groups is 2. The van der Waals surface area contributed by atoms with Crippen LogP contribution in [0.5, 0.6) is 0 Å². The summed E-state index contributed by atoms with van der Waals surface area (Å²) in [7, 11) is 0. The van der Waals surface area contributed by atoms with E-state index < -0.39 is 11.2 Å². The second-order valence-corrected chi connectivity index (χ2v) is 16.3. The standard InChI is InChI=1S/C40H51N7O5/c1-39(2,3)51-37(48)45-21-7-9-35(45)31-23-29(41-43-31)25-11-15-27(16-12-25)33-19-20-34(47(33)50)28-17-13-26(14-18-28)30-24-32(44-42-30)36-10-8-22-46(36)38(49)52-40(4,5)6/h11-18,23-24,33-36,50H,7-10,19-22H2,1-6H3,(H,41,43)(H,42,44). The van der Waals surface area contributed by atoms with Crippen molar-refractivity contribution in [1.82, 2.24) is 35.3 Å². The molecule has 2 aromatic heterocycles. The molecule has 3 N–H and O–H groups in total. The maximum absolute atomic E-state index is 12.8. The molecule has 4 aromatic rings. The van der Waals surface area contributed by atoms with E-state index in [1.807, 2.05) is 77.9 Å². The van der Waals surface area contributed by atoms with E-state index in [0.717, 1.165) is 83.6 Å². The van der Waals surface area contributed by atoms with Gasteiger partial charge in [0.2, 0.25) is 0 Å². The highest BCUT2D eigenvalue weighted by atomic mass is 16.6. The Hall–Kier alpha value is -4.68. The van der Waals surface area contributed by atoms with Crippen molar-refractivity contribution in [2.75, 3.05) is 13.1 Å². The molecule has 12 nitrogen and oxygen atoms in total. The summed E-state index contributed by atoms with van der Waals surface area (Å²) in [5.74, 6) is 0. The molecule has 0 spiro atoms. The Morgan fingerprint density at radius 2 is 1.02 bits per heavy atom. The summed E-state index contributed by atoms with van der Waals surface area (Å²) in [4.78, 5) is 29.2.